The van der Waals surface area contributed by atoms with Crippen LogP contribution in [0.5, 0.6) is 0 Å². The first kappa shape index (κ1) is 10.1. The van der Waals surface area contributed by atoms with E-state index in [1.54, 1.807) is 12.5 Å². The molecule has 1 amide bonds. The van der Waals surface area contributed by atoms with Gasteiger partial charge in [0.05, 0.1) is 11.6 Å². The molecule has 0 radical (unpaired) electrons. The largest absolute Gasteiger partial charge is 0.464 e. The topological polar surface area (TPSA) is 67.2 Å². The molecule has 0 aliphatic carbocycles. The van der Waals surface area contributed by atoms with Gasteiger partial charge in [-0.05, 0) is 18.6 Å². The molecule has 5 nitrogen and oxygen atoms in total. The fraction of sp³-hybridized carbons (Fsp3) is 0.333. The molecule has 3 rings (SSSR count). The Balaban J connectivity index is 1.80. The second-order valence-electron chi connectivity index (χ2n) is 4.18. The van der Waals surface area contributed by atoms with Crippen molar-refractivity contribution < 1.29 is 9.21 Å². The third-order valence-electron chi connectivity index (χ3n) is 2.99. The lowest BCUT2D eigenvalue weighted by atomic mass is 10.1. The van der Waals surface area contributed by atoms with Crippen molar-refractivity contribution in [2.24, 2.45) is 0 Å². The molecular weight excluding hydrogens is 218 g/mol. The first-order valence-corrected chi connectivity index (χ1v) is 5.68. The van der Waals surface area contributed by atoms with E-state index >= 15 is 0 Å². The molecule has 2 aromatic rings. The number of carbonyl (C=O) groups excluding carboxylic acids is 1. The minimum atomic E-state index is 0.123. The molecule has 3 heterocycles. The number of aromatic nitrogens is 1. The van der Waals surface area contributed by atoms with E-state index in [0.717, 1.165) is 23.2 Å². The molecule has 1 fully saturated rings. The molecule has 0 spiro atoms. The van der Waals surface area contributed by atoms with Gasteiger partial charge in [0.25, 0.3) is 0 Å². The molecule has 88 valence electrons. The van der Waals surface area contributed by atoms with Crippen LogP contribution in [0.3, 0.4) is 0 Å². The summed E-state index contributed by atoms with van der Waals surface area (Å²) in [6, 6.07) is 3.97. The zero-order valence-electron chi connectivity index (χ0n) is 9.27. The highest BCUT2D eigenvalue weighted by molar-refractivity contribution is 5.88. The minimum Gasteiger partial charge on any atom is -0.464 e. The highest BCUT2D eigenvalue weighted by Crippen LogP contribution is 2.23. The van der Waals surface area contributed by atoms with Crippen molar-refractivity contribution in [3.8, 4) is 0 Å². The molecular formula is C12H13N3O2. The maximum atomic E-state index is 11.1. The third-order valence-corrected chi connectivity index (χ3v) is 2.99. The number of hydrogen-bond donors (Lipinski definition) is 2. The van der Waals surface area contributed by atoms with E-state index in [4.69, 9.17) is 4.42 Å². The molecule has 1 saturated heterocycles. The standard InChI is InChI=1S/C12H13N3O2/c16-11-2-1-8(7-14-11)15-12-9-4-6-17-10(9)3-5-13-12/h3-6,8H,1-2,7H2,(H,13,15)(H,14,16). The molecule has 0 saturated carbocycles. The van der Waals surface area contributed by atoms with Crippen molar-refractivity contribution in [2.45, 2.75) is 18.9 Å². The summed E-state index contributed by atoms with van der Waals surface area (Å²) in [5.41, 5.74) is 0.822. The van der Waals surface area contributed by atoms with Crippen LogP contribution in [0.15, 0.2) is 29.0 Å². The van der Waals surface area contributed by atoms with Gasteiger partial charge in [0.15, 0.2) is 0 Å². The lowest BCUT2D eigenvalue weighted by Gasteiger charge is -2.24. The Bertz CT molecular complexity index is 539. The normalized spacial score (nSPS) is 20.2. The van der Waals surface area contributed by atoms with Crippen molar-refractivity contribution >= 4 is 22.7 Å². The molecule has 0 bridgehead atoms. The van der Waals surface area contributed by atoms with Crippen molar-refractivity contribution in [3.63, 3.8) is 0 Å². The van der Waals surface area contributed by atoms with Gasteiger partial charge in [0.2, 0.25) is 5.91 Å². The summed E-state index contributed by atoms with van der Waals surface area (Å²) in [6.45, 7) is 0.648. The lowest BCUT2D eigenvalue weighted by Crippen LogP contribution is -2.42. The molecule has 0 aromatic carbocycles. The van der Waals surface area contributed by atoms with Gasteiger partial charge >= 0.3 is 0 Å². The van der Waals surface area contributed by atoms with E-state index in [2.05, 4.69) is 15.6 Å². The van der Waals surface area contributed by atoms with E-state index in [9.17, 15) is 4.79 Å². The van der Waals surface area contributed by atoms with Gasteiger partial charge in [-0.25, -0.2) is 4.98 Å². The Kier molecular flexibility index (Phi) is 2.44. The van der Waals surface area contributed by atoms with Crippen molar-refractivity contribution in [1.29, 1.82) is 0 Å². The summed E-state index contributed by atoms with van der Waals surface area (Å²) in [6.07, 6.45) is 4.77. The van der Waals surface area contributed by atoms with Crippen LogP contribution >= 0.6 is 0 Å². The summed E-state index contributed by atoms with van der Waals surface area (Å²) in [5, 5.41) is 7.16. The Morgan fingerprint density at radius 3 is 3.24 bits per heavy atom. The fourth-order valence-electron chi connectivity index (χ4n) is 2.06. The molecule has 1 aliphatic rings. The van der Waals surface area contributed by atoms with E-state index < -0.39 is 0 Å². The molecule has 1 unspecified atom stereocenters. The molecule has 2 N–H and O–H groups in total. The number of fused-ring (bicyclic) bond motifs is 1. The van der Waals surface area contributed by atoms with Crippen LogP contribution in [0.25, 0.3) is 11.0 Å². The van der Waals surface area contributed by atoms with Gasteiger partial charge < -0.3 is 15.1 Å². The Hall–Kier alpha value is -2.04. The van der Waals surface area contributed by atoms with Gasteiger partial charge in [-0.15, -0.1) is 0 Å². The van der Waals surface area contributed by atoms with Crippen LogP contribution < -0.4 is 10.6 Å². The molecule has 5 heteroatoms. The molecule has 1 aliphatic heterocycles. The molecule has 1 atom stereocenters. The average molecular weight is 231 g/mol. The van der Waals surface area contributed by atoms with Crippen molar-refractivity contribution in [3.05, 3.63) is 24.6 Å². The van der Waals surface area contributed by atoms with Gasteiger partial charge in [-0.2, -0.15) is 0 Å². The number of hydrogen-bond acceptors (Lipinski definition) is 4. The Morgan fingerprint density at radius 1 is 1.47 bits per heavy atom. The van der Waals surface area contributed by atoms with Gasteiger partial charge in [0, 0.05) is 25.2 Å². The smallest absolute Gasteiger partial charge is 0.220 e. The lowest BCUT2D eigenvalue weighted by molar-refractivity contribution is -0.122. The SMILES string of the molecule is O=C1CCC(Nc2nccc3occc23)CN1. The maximum absolute atomic E-state index is 11.1. The molecule has 17 heavy (non-hydrogen) atoms. The zero-order chi connectivity index (χ0) is 11.7. The maximum Gasteiger partial charge on any atom is 0.220 e. The third kappa shape index (κ3) is 1.95. The summed E-state index contributed by atoms with van der Waals surface area (Å²) in [7, 11) is 0. The summed E-state index contributed by atoms with van der Waals surface area (Å²) in [4.78, 5) is 15.4. The van der Waals surface area contributed by atoms with Gasteiger partial charge in [0.1, 0.15) is 11.4 Å². The van der Waals surface area contributed by atoms with Crippen LogP contribution in [-0.4, -0.2) is 23.5 Å². The van der Waals surface area contributed by atoms with Crippen LogP contribution in [-0.2, 0) is 4.79 Å². The van der Waals surface area contributed by atoms with Crippen LogP contribution in [0.2, 0.25) is 0 Å². The quantitative estimate of drug-likeness (QED) is 0.822. The molecule has 2 aromatic heterocycles. The second-order valence-corrected chi connectivity index (χ2v) is 4.18. The minimum absolute atomic E-state index is 0.123. The number of pyridine rings is 1. The predicted molar refractivity (Wildman–Crippen MR) is 63.7 cm³/mol. The van der Waals surface area contributed by atoms with Gasteiger partial charge in [-0.3, -0.25) is 4.79 Å². The predicted octanol–water partition coefficient (Wildman–Crippen LogP) is 1.52. The highest BCUT2D eigenvalue weighted by atomic mass is 16.3. The highest BCUT2D eigenvalue weighted by Gasteiger charge is 2.18. The van der Waals surface area contributed by atoms with Crippen molar-refractivity contribution in [2.75, 3.05) is 11.9 Å². The number of carbonyl (C=O) groups is 1. The monoisotopic (exact) mass is 231 g/mol. The zero-order valence-corrected chi connectivity index (χ0v) is 9.27. The van der Waals surface area contributed by atoms with E-state index in [1.165, 1.54) is 0 Å². The summed E-state index contributed by atoms with van der Waals surface area (Å²) in [5.74, 6) is 0.940. The van der Waals surface area contributed by atoms with Crippen LogP contribution in [0.1, 0.15) is 12.8 Å². The van der Waals surface area contributed by atoms with Crippen LogP contribution in [0, 0.1) is 0 Å². The van der Waals surface area contributed by atoms with E-state index in [0.29, 0.717) is 13.0 Å². The number of piperidine rings is 1. The number of rotatable bonds is 2. The Morgan fingerprint density at radius 2 is 2.41 bits per heavy atom. The van der Waals surface area contributed by atoms with Gasteiger partial charge in [-0.1, -0.05) is 0 Å². The number of anilines is 1. The summed E-state index contributed by atoms with van der Waals surface area (Å²) >= 11 is 0. The van der Waals surface area contributed by atoms with E-state index in [-0.39, 0.29) is 11.9 Å². The van der Waals surface area contributed by atoms with Crippen molar-refractivity contribution in [1.82, 2.24) is 10.3 Å². The Labute approximate surface area is 98.2 Å². The number of nitrogens with zero attached hydrogens (tertiary/aromatic N) is 1. The number of nitrogens with one attached hydrogen (secondary N) is 2. The second kappa shape index (κ2) is 4.08. The van der Waals surface area contributed by atoms with E-state index in [1.807, 2.05) is 12.1 Å². The fourth-order valence-corrected chi connectivity index (χ4v) is 2.06. The number of furan rings is 1. The average Bonchev–Trinajstić information content (AvgIpc) is 2.81. The van der Waals surface area contributed by atoms with Crippen LogP contribution in [0.4, 0.5) is 5.82 Å². The summed E-state index contributed by atoms with van der Waals surface area (Å²) < 4.78 is 5.32. The first-order chi connectivity index (χ1) is 8.33. The first-order valence-electron chi connectivity index (χ1n) is 5.68. The number of amides is 1.